The molecule has 4 aliphatic rings. The maximum Gasteiger partial charge on any atom is 0.0941 e. The largest absolute Gasteiger partial charge is 0.271 e. The predicted molar refractivity (Wildman–Crippen MR) is 77.5 cm³/mol. The van der Waals surface area contributed by atoms with E-state index < -0.39 is 0 Å². The highest BCUT2D eigenvalue weighted by Gasteiger charge is 2.53. The third-order valence-corrected chi connectivity index (χ3v) is 6.69. The molecule has 4 bridgehead atoms. The summed E-state index contributed by atoms with van der Waals surface area (Å²) in [5.41, 5.74) is 3.63. The number of nitrogens with two attached hydrogens (primary N) is 1. The van der Waals surface area contributed by atoms with Crippen LogP contribution in [-0.4, -0.2) is 11.0 Å². The van der Waals surface area contributed by atoms with E-state index in [-0.39, 0.29) is 0 Å². The van der Waals surface area contributed by atoms with Crippen LogP contribution in [0.3, 0.4) is 0 Å². The molecule has 1 aromatic heterocycles. The van der Waals surface area contributed by atoms with E-state index in [0.29, 0.717) is 11.5 Å². The number of nitrogens with zero attached hydrogens (tertiary/aromatic N) is 1. The second-order valence-corrected chi connectivity index (χ2v) is 8.11. The summed E-state index contributed by atoms with van der Waals surface area (Å²) in [6.07, 6.45) is 11.6. The van der Waals surface area contributed by atoms with E-state index in [1.165, 1.54) is 43.5 Å². The van der Waals surface area contributed by atoms with Gasteiger partial charge in [-0.25, -0.2) is 4.98 Å². The molecule has 0 saturated heterocycles. The monoisotopic (exact) mass is 277 g/mol. The molecule has 19 heavy (non-hydrogen) atoms. The molecule has 1 unspecified atom stereocenters. The van der Waals surface area contributed by atoms with Gasteiger partial charge in [0.15, 0.2) is 0 Å². The van der Waals surface area contributed by atoms with Crippen molar-refractivity contribution >= 4 is 11.3 Å². The first-order valence-corrected chi connectivity index (χ1v) is 8.50. The molecule has 4 saturated carbocycles. The van der Waals surface area contributed by atoms with E-state index >= 15 is 0 Å². The Morgan fingerprint density at radius 1 is 1.26 bits per heavy atom. The van der Waals surface area contributed by atoms with Gasteiger partial charge in [0, 0.05) is 24.0 Å². The summed E-state index contributed by atoms with van der Waals surface area (Å²) < 4.78 is 0. The second-order valence-electron chi connectivity index (χ2n) is 7.13. The minimum Gasteiger partial charge on any atom is -0.271 e. The fourth-order valence-electron chi connectivity index (χ4n) is 5.59. The molecule has 104 valence electrons. The molecular weight excluding hydrogens is 254 g/mol. The molecule has 3 N–H and O–H groups in total. The molecule has 1 aromatic rings. The summed E-state index contributed by atoms with van der Waals surface area (Å²) in [7, 11) is 0. The SMILES string of the molecule is NNC(Cc1nccs1)C12CC3CC(CC(C3)C1)C2. The van der Waals surface area contributed by atoms with Crippen molar-refractivity contribution in [1.82, 2.24) is 10.4 Å². The zero-order valence-corrected chi connectivity index (χ0v) is 12.2. The van der Waals surface area contributed by atoms with Crippen molar-refractivity contribution in [2.24, 2.45) is 29.0 Å². The third-order valence-electron chi connectivity index (χ3n) is 5.89. The van der Waals surface area contributed by atoms with Crippen molar-refractivity contribution in [3.05, 3.63) is 16.6 Å². The van der Waals surface area contributed by atoms with Gasteiger partial charge >= 0.3 is 0 Å². The average Bonchev–Trinajstić information content (AvgIpc) is 2.87. The smallest absolute Gasteiger partial charge is 0.0941 e. The summed E-state index contributed by atoms with van der Waals surface area (Å²) in [4.78, 5) is 4.45. The second kappa shape index (κ2) is 4.54. The molecule has 0 aromatic carbocycles. The van der Waals surface area contributed by atoms with Gasteiger partial charge < -0.3 is 0 Å². The average molecular weight is 277 g/mol. The van der Waals surface area contributed by atoms with Crippen LogP contribution in [0.1, 0.15) is 43.5 Å². The van der Waals surface area contributed by atoms with Gasteiger partial charge in [0.1, 0.15) is 0 Å². The van der Waals surface area contributed by atoms with Gasteiger partial charge in [-0.3, -0.25) is 11.3 Å². The van der Waals surface area contributed by atoms with Crippen LogP contribution in [0.15, 0.2) is 11.6 Å². The van der Waals surface area contributed by atoms with Gasteiger partial charge in [0.2, 0.25) is 0 Å². The number of thiazole rings is 1. The van der Waals surface area contributed by atoms with Crippen LogP contribution in [0.2, 0.25) is 0 Å². The van der Waals surface area contributed by atoms with Crippen LogP contribution in [0.4, 0.5) is 0 Å². The van der Waals surface area contributed by atoms with Gasteiger partial charge in [-0.05, 0) is 61.7 Å². The van der Waals surface area contributed by atoms with E-state index in [1.54, 1.807) is 11.3 Å². The Hall–Kier alpha value is -0.450. The Balaban J connectivity index is 1.58. The van der Waals surface area contributed by atoms with Gasteiger partial charge in [-0.2, -0.15) is 0 Å². The zero-order valence-electron chi connectivity index (χ0n) is 11.3. The van der Waals surface area contributed by atoms with Crippen LogP contribution < -0.4 is 11.3 Å². The molecule has 3 nitrogen and oxygen atoms in total. The number of nitrogens with one attached hydrogen (secondary N) is 1. The molecule has 0 spiro atoms. The van der Waals surface area contributed by atoms with Gasteiger partial charge in [-0.1, -0.05) is 0 Å². The zero-order chi connectivity index (χ0) is 12.9. The normalized spacial score (nSPS) is 41.6. The Kier molecular flexibility index (Phi) is 2.94. The highest BCUT2D eigenvalue weighted by atomic mass is 32.1. The van der Waals surface area contributed by atoms with Crippen LogP contribution in [-0.2, 0) is 6.42 Å². The molecule has 4 fully saturated rings. The highest BCUT2D eigenvalue weighted by Crippen LogP contribution is 2.61. The maximum absolute atomic E-state index is 5.94. The van der Waals surface area contributed by atoms with E-state index in [0.717, 1.165) is 24.2 Å². The summed E-state index contributed by atoms with van der Waals surface area (Å²) in [6, 6.07) is 0.423. The molecule has 0 aliphatic heterocycles. The van der Waals surface area contributed by atoms with Crippen molar-refractivity contribution in [3.8, 4) is 0 Å². The topological polar surface area (TPSA) is 50.9 Å². The van der Waals surface area contributed by atoms with Crippen molar-refractivity contribution in [1.29, 1.82) is 0 Å². The summed E-state index contributed by atoms with van der Waals surface area (Å²) in [6.45, 7) is 0. The summed E-state index contributed by atoms with van der Waals surface area (Å²) >= 11 is 1.76. The Labute approximate surface area is 119 Å². The lowest BCUT2D eigenvalue weighted by atomic mass is 9.47. The first kappa shape index (κ1) is 12.3. The molecule has 1 heterocycles. The molecule has 4 heteroatoms. The van der Waals surface area contributed by atoms with Gasteiger partial charge in [0.05, 0.1) is 5.01 Å². The standard InChI is InChI=1S/C15H23N3S/c16-18-13(6-14-17-1-2-19-14)15-7-10-3-11(8-15)5-12(4-10)9-15/h1-2,10-13,18H,3-9,16H2. The summed E-state index contributed by atoms with van der Waals surface area (Å²) in [5, 5.41) is 3.31. The van der Waals surface area contributed by atoms with Crippen molar-refractivity contribution in [2.75, 3.05) is 0 Å². The van der Waals surface area contributed by atoms with E-state index in [2.05, 4.69) is 15.8 Å². The lowest BCUT2D eigenvalue weighted by Crippen LogP contribution is -2.58. The van der Waals surface area contributed by atoms with Crippen molar-refractivity contribution in [2.45, 2.75) is 51.0 Å². The fourth-order valence-corrected chi connectivity index (χ4v) is 6.25. The first-order valence-electron chi connectivity index (χ1n) is 7.62. The number of hydrogen-bond acceptors (Lipinski definition) is 4. The third kappa shape index (κ3) is 2.05. The Morgan fingerprint density at radius 2 is 1.89 bits per heavy atom. The number of rotatable bonds is 4. The van der Waals surface area contributed by atoms with Crippen LogP contribution in [0, 0.1) is 23.2 Å². The quantitative estimate of drug-likeness (QED) is 0.657. The van der Waals surface area contributed by atoms with E-state index in [1.807, 2.05) is 6.20 Å². The van der Waals surface area contributed by atoms with E-state index in [9.17, 15) is 0 Å². The first-order chi connectivity index (χ1) is 9.27. The molecule has 1 atom stereocenters. The lowest BCUT2D eigenvalue weighted by Gasteiger charge is -2.59. The van der Waals surface area contributed by atoms with Gasteiger partial charge in [-0.15, -0.1) is 11.3 Å². The number of aromatic nitrogens is 1. The molecular formula is C15H23N3S. The van der Waals surface area contributed by atoms with E-state index in [4.69, 9.17) is 5.84 Å². The van der Waals surface area contributed by atoms with Crippen molar-refractivity contribution < 1.29 is 0 Å². The Bertz CT molecular complexity index is 407. The number of hydrazine groups is 1. The molecule has 4 aliphatic carbocycles. The molecule has 0 radical (unpaired) electrons. The molecule has 0 amide bonds. The van der Waals surface area contributed by atoms with Crippen LogP contribution >= 0.6 is 11.3 Å². The van der Waals surface area contributed by atoms with Crippen LogP contribution in [0.5, 0.6) is 0 Å². The fraction of sp³-hybridized carbons (Fsp3) is 0.800. The minimum atomic E-state index is 0.423. The number of hydrogen-bond donors (Lipinski definition) is 2. The molecule has 5 rings (SSSR count). The maximum atomic E-state index is 5.94. The minimum absolute atomic E-state index is 0.423. The predicted octanol–water partition coefficient (Wildman–Crippen LogP) is 2.73. The van der Waals surface area contributed by atoms with Gasteiger partial charge in [0.25, 0.3) is 0 Å². The summed E-state index contributed by atoms with van der Waals surface area (Å²) in [5.74, 6) is 8.89. The Morgan fingerprint density at radius 3 is 2.37 bits per heavy atom. The lowest BCUT2D eigenvalue weighted by molar-refractivity contribution is -0.0737. The highest BCUT2D eigenvalue weighted by molar-refractivity contribution is 7.09. The van der Waals surface area contributed by atoms with Crippen LogP contribution in [0.25, 0.3) is 0 Å². The van der Waals surface area contributed by atoms with Crippen molar-refractivity contribution in [3.63, 3.8) is 0 Å².